The molecule has 0 bridgehead atoms. The number of hydrogen-bond acceptors (Lipinski definition) is 5. The van der Waals surface area contributed by atoms with Gasteiger partial charge in [0, 0.05) is 6.54 Å². The highest BCUT2D eigenvalue weighted by Gasteiger charge is 2.32. The van der Waals surface area contributed by atoms with E-state index in [1.165, 1.54) is 25.3 Å². The molecule has 2 aromatic rings. The number of nitrogens with one attached hydrogen (secondary N) is 1. The van der Waals surface area contributed by atoms with Gasteiger partial charge in [0.2, 0.25) is 10.0 Å². The van der Waals surface area contributed by atoms with Crippen molar-refractivity contribution in [2.45, 2.75) is 17.1 Å². The molecule has 1 unspecified atom stereocenters. The van der Waals surface area contributed by atoms with E-state index in [0.717, 1.165) is 24.3 Å². The van der Waals surface area contributed by atoms with Crippen LogP contribution in [0.25, 0.3) is 0 Å². The van der Waals surface area contributed by atoms with E-state index in [4.69, 9.17) is 4.42 Å². The van der Waals surface area contributed by atoms with Crippen LogP contribution in [0.15, 0.2) is 52.0 Å². The van der Waals surface area contributed by atoms with Crippen LogP contribution in [-0.2, 0) is 19.9 Å². The second kappa shape index (κ2) is 6.81. The molecule has 0 aliphatic heterocycles. The second-order valence-corrected chi connectivity index (χ2v) is 8.98. The van der Waals surface area contributed by atoms with Crippen LogP contribution in [0.5, 0.6) is 0 Å². The number of hydrogen-bond donors (Lipinski definition) is 1. The molecule has 9 heteroatoms. The van der Waals surface area contributed by atoms with Crippen molar-refractivity contribution in [3.63, 3.8) is 0 Å². The van der Waals surface area contributed by atoms with Crippen LogP contribution in [0.1, 0.15) is 17.9 Å². The van der Waals surface area contributed by atoms with Gasteiger partial charge < -0.3 is 4.42 Å². The lowest BCUT2D eigenvalue weighted by Crippen LogP contribution is -2.32. The number of sulfone groups is 1. The molecule has 0 aliphatic carbocycles. The summed E-state index contributed by atoms with van der Waals surface area (Å²) in [6, 6.07) is 7.29. The molecular weight excluding hydrogens is 345 g/mol. The molecule has 0 amide bonds. The molecule has 1 aromatic heterocycles. The molecule has 1 heterocycles. The average Bonchev–Trinajstić information content (AvgIpc) is 3.01. The molecule has 0 saturated heterocycles. The van der Waals surface area contributed by atoms with Gasteiger partial charge >= 0.3 is 0 Å². The van der Waals surface area contributed by atoms with E-state index in [2.05, 4.69) is 4.72 Å². The third-order valence-electron chi connectivity index (χ3n) is 3.25. The van der Waals surface area contributed by atoms with Gasteiger partial charge in [-0.2, -0.15) is 0 Å². The molecule has 126 valence electrons. The van der Waals surface area contributed by atoms with Crippen molar-refractivity contribution in [3.05, 3.63) is 54.2 Å². The number of benzene rings is 1. The zero-order valence-corrected chi connectivity index (χ0v) is 13.9. The molecule has 0 saturated carbocycles. The Morgan fingerprint density at radius 3 is 2.30 bits per heavy atom. The fourth-order valence-corrected chi connectivity index (χ4v) is 4.25. The van der Waals surface area contributed by atoms with Gasteiger partial charge in [0.05, 0.1) is 16.9 Å². The van der Waals surface area contributed by atoms with Crippen molar-refractivity contribution >= 4 is 19.9 Å². The summed E-state index contributed by atoms with van der Waals surface area (Å²) < 4.78 is 69.0. The van der Waals surface area contributed by atoms with Crippen LogP contribution in [0.3, 0.4) is 0 Å². The molecular formula is C14H16FNO5S2. The summed E-state index contributed by atoms with van der Waals surface area (Å²) in [6.07, 6.45) is 1.30. The van der Waals surface area contributed by atoms with E-state index < -0.39 is 30.9 Å². The smallest absolute Gasteiger partial charge is 0.211 e. The first kappa shape index (κ1) is 17.6. The Bertz CT molecular complexity index is 843. The van der Waals surface area contributed by atoms with E-state index in [1.54, 1.807) is 0 Å². The van der Waals surface area contributed by atoms with E-state index >= 15 is 0 Å². The van der Waals surface area contributed by atoms with E-state index in [0.29, 0.717) is 0 Å². The predicted octanol–water partition coefficient (Wildman–Crippen LogP) is 1.87. The van der Waals surface area contributed by atoms with E-state index in [1.807, 2.05) is 0 Å². The van der Waals surface area contributed by atoms with Gasteiger partial charge in [-0.25, -0.2) is 25.9 Å². The monoisotopic (exact) mass is 361 g/mol. The Morgan fingerprint density at radius 1 is 1.13 bits per heavy atom. The van der Waals surface area contributed by atoms with Crippen LogP contribution in [-0.4, -0.2) is 29.1 Å². The Balaban J connectivity index is 2.39. The second-order valence-electron chi connectivity index (χ2n) is 4.75. The summed E-state index contributed by atoms with van der Waals surface area (Å²) in [5.41, 5.74) is 0. The van der Waals surface area contributed by atoms with Gasteiger partial charge in [-0.05, 0) is 43.3 Å². The summed E-state index contributed by atoms with van der Waals surface area (Å²) >= 11 is 0. The highest BCUT2D eigenvalue weighted by molar-refractivity contribution is 7.92. The van der Waals surface area contributed by atoms with Crippen molar-refractivity contribution < 1.29 is 25.6 Å². The highest BCUT2D eigenvalue weighted by atomic mass is 32.2. The minimum atomic E-state index is -3.96. The van der Waals surface area contributed by atoms with E-state index in [-0.39, 0.29) is 23.0 Å². The summed E-state index contributed by atoms with van der Waals surface area (Å²) in [5.74, 6) is -0.632. The summed E-state index contributed by atoms with van der Waals surface area (Å²) in [7, 11) is -7.53. The number of halogens is 1. The molecule has 1 N–H and O–H groups in total. The molecule has 1 aromatic carbocycles. The van der Waals surface area contributed by atoms with Crippen LogP contribution >= 0.6 is 0 Å². The van der Waals surface area contributed by atoms with Crippen molar-refractivity contribution in [1.29, 1.82) is 0 Å². The molecule has 0 aliphatic rings. The van der Waals surface area contributed by atoms with Crippen LogP contribution in [0.4, 0.5) is 4.39 Å². The third-order valence-corrected chi connectivity index (χ3v) is 6.69. The SMILES string of the molecule is CCS(=O)(=O)NCC(c1ccco1)S(=O)(=O)c1ccc(F)cc1. The zero-order valence-electron chi connectivity index (χ0n) is 12.3. The van der Waals surface area contributed by atoms with Crippen molar-refractivity contribution in [2.75, 3.05) is 12.3 Å². The lowest BCUT2D eigenvalue weighted by molar-refractivity contribution is 0.486. The molecule has 0 radical (unpaired) electrons. The third kappa shape index (κ3) is 4.18. The van der Waals surface area contributed by atoms with Crippen molar-refractivity contribution in [1.82, 2.24) is 4.72 Å². The first-order valence-electron chi connectivity index (χ1n) is 6.76. The summed E-state index contributed by atoms with van der Waals surface area (Å²) in [4.78, 5) is -0.115. The largest absolute Gasteiger partial charge is 0.468 e. The van der Waals surface area contributed by atoms with Gasteiger partial charge in [-0.3, -0.25) is 0 Å². The molecule has 23 heavy (non-hydrogen) atoms. The van der Waals surface area contributed by atoms with Gasteiger partial charge in [-0.1, -0.05) is 0 Å². The molecule has 2 rings (SSSR count). The van der Waals surface area contributed by atoms with Gasteiger partial charge in [0.15, 0.2) is 9.84 Å². The van der Waals surface area contributed by atoms with E-state index in [9.17, 15) is 21.2 Å². The summed E-state index contributed by atoms with van der Waals surface area (Å²) in [6.45, 7) is 1.07. The van der Waals surface area contributed by atoms with Crippen molar-refractivity contribution in [3.8, 4) is 0 Å². The lowest BCUT2D eigenvalue weighted by atomic mass is 10.3. The number of rotatable bonds is 7. The lowest BCUT2D eigenvalue weighted by Gasteiger charge is -2.16. The fourth-order valence-electron chi connectivity index (χ4n) is 1.93. The minimum Gasteiger partial charge on any atom is -0.468 e. The Labute approximate surface area is 134 Å². The first-order valence-corrected chi connectivity index (χ1v) is 9.96. The van der Waals surface area contributed by atoms with Gasteiger partial charge in [-0.15, -0.1) is 0 Å². The van der Waals surface area contributed by atoms with Gasteiger partial charge in [0.25, 0.3) is 0 Å². The molecule has 0 spiro atoms. The van der Waals surface area contributed by atoms with Crippen LogP contribution < -0.4 is 4.72 Å². The van der Waals surface area contributed by atoms with Crippen molar-refractivity contribution in [2.24, 2.45) is 0 Å². The maximum Gasteiger partial charge on any atom is 0.211 e. The Kier molecular flexibility index (Phi) is 5.23. The average molecular weight is 361 g/mol. The molecule has 0 fully saturated rings. The number of furan rings is 1. The predicted molar refractivity (Wildman–Crippen MR) is 82.5 cm³/mol. The Morgan fingerprint density at radius 2 is 1.78 bits per heavy atom. The highest BCUT2D eigenvalue weighted by Crippen LogP contribution is 2.29. The number of sulfonamides is 1. The molecule has 6 nitrogen and oxygen atoms in total. The summed E-state index contributed by atoms with van der Waals surface area (Å²) in [5, 5.41) is -1.25. The zero-order chi connectivity index (χ0) is 17.1. The first-order chi connectivity index (χ1) is 10.8. The Hall–Kier alpha value is -1.71. The van der Waals surface area contributed by atoms with Gasteiger partial charge in [0.1, 0.15) is 16.8 Å². The normalized spacial score (nSPS) is 13.8. The minimum absolute atomic E-state index is 0.105. The quantitative estimate of drug-likeness (QED) is 0.760. The fraction of sp³-hybridized carbons (Fsp3) is 0.286. The molecule has 1 atom stereocenters. The topological polar surface area (TPSA) is 93.4 Å². The van der Waals surface area contributed by atoms with Crippen LogP contribution in [0, 0.1) is 5.82 Å². The maximum atomic E-state index is 13.0. The maximum absolute atomic E-state index is 13.0. The van der Waals surface area contributed by atoms with Crippen LogP contribution in [0.2, 0.25) is 0 Å². The standard InChI is InChI=1S/C14H16FNO5S2/c1-2-22(17,18)16-10-14(13-4-3-9-21-13)23(19,20)12-7-5-11(15)6-8-12/h3-9,14,16H,2,10H2,1H3.